The average molecular weight is 408 g/mol. The average Bonchev–Trinajstić information content (AvgIpc) is 3.00. The van der Waals surface area contributed by atoms with Crippen molar-refractivity contribution in [2.75, 3.05) is 27.2 Å². The molecule has 1 fully saturated rings. The Morgan fingerprint density at radius 3 is 2.30 bits per heavy atom. The lowest BCUT2D eigenvalue weighted by atomic mass is 10.00. The number of imide groups is 1. The molecule has 2 aliphatic heterocycles. The van der Waals surface area contributed by atoms with Crippen molar-refractivity contribution in [3.05, 3.63) is 71.4 Å². The van der Waals surface area contributed by atoms with Crippen molar-refractivity contribution in [3.63, 3.8) is 0 Å². The lowest BCUT2D eigenvalue weighted by molar-refractivity contribution is -0.138. The van der Waals surface area contributed by atoms with Crippen LogP contribution in [0.3, 0.4) is 0 Å². The van der Waals surface area contributed by atoms with Crippen LogP contribution < -0.4 is 0 Å². The number of pyridine rings is 1. The molecular formula is C23H25FN4O2. The number of amides is 2. The van der Waals surface area contributed by atoms with Crippen molar-refractivity contribution in [1.82, 2.24) is 19.7 Å². The maximum absolute atomic E-state index is 13.5. The summed E-state index contributed by atoms with van der Waals surface area (Å²) in [5.41, 5.74) is 2.13. The molecule has 0 spiro atoms. The van der Waals surface area contributed by atoms with E-state index >= 15 is 0 Å². The highest BCUT2D eigenvalue weighted by Crippen LogP contribution is 2.34. The Labute approximate surface area is 175 Å². The van der Waals surface area contributed by atoms with Gasteiger partial charge in [0.05, 0.1) is 12.1 Å². The van der Waals surface area contributed by atoms with Gasteiger partial charge in [0, 0.05) is 25.5 Å². The van der Waals surface area contributed by atoms with Crippen molar-refractivity contribution in [1.29, 1.82) is 0 Å². The van der Waals surface area contributed by atoms with Crippen LogP contribution in [-0.2, 0) is 16.1 Å². The summed E-state index contributed by atoms with van der Waals surface area (Å²) in [5, 5.41) is 0. The number of aromatic nitrogens is 1. The van der Waals surface area contributed by atoms with Gasteiger partial charge >= 0.3 is 0 Å². The van der Waals surface area contributed by atoms with Crippen LogP contribution in [0.25, 0.3) is 5.57 Å². The highest BCUT2D eigenvalue weighted by Gasteiger charge is 2.42. The standard InChI is InChI=1S/C23H25FN4O2/c1-26-13-9-19(10-14-26)27(2)21-20(17-3-5-18(24)6-4-17)22(29)28(23(21)30)15-16-7-11-25-12-8-16/h3-8,11-12,19H,9-10,13-15H2,1-2H3. The lowest BCUT2D eigenvalue weighted by Crippen LogP contribution is -2.43. The first kappa shape index (κ1) is 20.2. The number of benzene rings is 1. The van der Waals surface area contributed by atoms with Gasteiger partial charge in [0.25, 0.3) is 11.8 Å². The van der Waals surface area contributed by atoms with E-state index in [9.17, 15) is 14.0 Å². The molecule has 2 aliphatic rings. The highest BCUT2D eigenvalue weighted by atomic mass is 19.1. The first-order chi connectivity index (χ1) is 14.5. The fraction of sp³-hybridized carbons (Fsp3) is 0.348. The molecule has 6 nitrogen and oxygen atoms in total. The van der Waals surface area contributed by atoms with Crippen LogP contribution in [0, 0.1) is 5.82 Å². The Balaban J connectivity index is 1.71. The van der Waals surface area contributed by atoms with Crippen LogP contribution in [0.4, 0.5) is 4.39 Å². The summed E-state index contributed by atoms with van der Waals surface area (Å²) in [4.78, 5) is 36.3. The third-order valence-corrected chi connectivity index (χ3v) is 5.96. The Morgan fingerprint density at radius 2 is 1.67 bits per heavy atom. The predicted molar refractivity (Wildman–Crippen MR) is 111 cm³/mol. The molecular weight excluding hydrogens is 383 g/mol. The molecule has 1 aromatic heterocycles. The van der Waals surface area contributed by atoms with Crippen molar-refractivity contribution in [2.45, 2.75) is 25.4 Å². The topological polar surface area (TPSA) is 56.8 Å². The fourth-order valence-corrected chi connectivity index (χ4v) is 4.15. The number of rotatable bonds is 5. The van der Waals surface area contributed by atoms with Gasteiger partial charge in [-0.05, 0) is 68.4 Å². The lowest BCUT2D eigenvalue weighted by Gasteiger charge is -2.36. The zero-order valence-corrected chi connectivity index (χ0v) is 17.2. The van der Waals surface area contributed by atoms with Crippen molar-refractivity contribution >= 4 is 17.4 Å². The summed E-state index contributed by atoms with van der Waals surface area (Å²) < 4.78 is 13.5. The van der Waals surface area contributed by atoms with Gasteiger partial charge in [-0.25, -0.2) is 4.39 Å². The van der Waals surface area contributed by atoms with E-state index in [-0.39, 0.29) is 30.2 Å². The zero-order chi connectivity index (χ0) is 21.3. The molecule has 2 aromatic rings. The molecule has 3 heterocycles. The van der Waals surface area contributed by atoms with Crippen molar-refractivity contribution in [2.24, 2.45) is 0 Å². The number of piperidine rings is 1. The minimum absolute atomic E-state index is 0.171. The van der Waals surface area contributed by atoms with E-state index in [1.165, 1.54) is 17.0 Å². The molecule has 0 saturated carbocycles. The molecule has 0 unspecified atom stereocenters. The first-order valence-electron chi connectivity index (χ1n) is 10.1. The summed E-state index contributed by atoms with van der Waals surface area (Å²) in [6, 6.07) is 9.51. The quantitative estimate of drug-likeness (QED) is 0.712. The molecule has 0 radical (unpaired) electrons. The van der Waals surface area contributed by atoms with Gasteiger partial charge in [-0.2, -0.15) is 0 Å². The number of nitrogens with zero attached hydrogens (tertiary/aromatic N) is 4. The molecule has 156 valence electrons. The second-order valence-electron chi connectivity index (χ2n) is 7.93. The largest absolute Gasteiger partial charge is 0.366 e. The van der Waals surface area contributed by atoms with Crippen LogP contribution in [0.2, 0.25) is 0 Å². The van der Waals surface area contributed by atoms with E-state index < -0.39 is 0 Å². The maximum Gasteiger partial charge on any atom is 0.278 e. The molecule has 0 N–H and O–H groups in total. The van der Waals surface area contributed by atoms with Gasteiger partial charge in [0.1, 0.15) is 11.5 Å². The third kappa shape index (κ3) is 3.85. The first-order valence-corrected chi connectivity index (χ1v) is 10.1. The SMILES string of the molecule is CN1CCC(N(C)C2=C(c3ccc(F)cc3)C(=O)N(Cc3ccncc3)C2=O)CC1. The van der Waals surface area contributed by atoms with E-state index in [4.69, 9.17) is 0 Å². The number of hydrogen-bond donors (Lipinski definition) is 0. The Morgan fingerprint density at radius 1 is 1.03 bits per heavy atom. The van der Waals surface area contributed by atoms with Gasteiger partial charge < -0.3 is 9.80 Å². The summed E-state index contributed by atoms with van der Waals surface area (Å²) >= 11 is 0. The van der Waals surface area contributed by atoms with Gasteiger partial charge in [-0.15, -0.1) is 0 Å². The van der Waals surface area contributed by atoms with Gasteiger partial charge in [0.15, 0.2) is 0 Å². The number of likely N-dealkylation sites (tertiary alicyclic amines) is 1. The normalized spacial score (nSPS) is 18.4. The fourth-order valence-electron chi connectivity index (χ4n) is 4.15. The number of likely N-dealkylation sites (N-methyl/N-ethyl adjacent to an activating group) is 1. The molecule has 30 heavy (non-hydrogen) atoms. The number of halogens is 1. The number of carbonyl (C=O) groups is 2. The Hall–Kier alpha value is -3.06. The maximum atomic E-state index is 13.5. The van der Waals surface area contributed by atoms with Crippen LogP contribution in [0.15, 0.2) is 54.5 Å². The number of carbonyl (C=O) groups excluding carboxylic acids is 2. The second kappa shape index (κ2) is 8.36. The van der Waals surface area contributed by atoms with Crippen molar-refractivity contribution < 1.29 is 14.0 Å². The van der Waals surface area contributed by atoms with E-state index in [0.29, 0.717) is 16.8 Å². The molecule has 2 amide bonds. The molecule has 7 heteroatoms. The predicted octanol–water partition coefficient (Wildman–Crippen LogP) is 2.53. The van der Waals surface area contributed by atoms with Crippen molar-refractivity contribution in [3.8, 4) is 0 Å². The van der Waals surface area contributed by atoms with Crippen LogP contribution in [0.5, 0.6) is 0 Å². The number of hydrogen-bond acceptors (Lipinski definition) is 5. The smallest absolute Gasteiger partial charge is 0.278 e. The van der Waals surface area contributed by atoms with Crippen LogP contribution in [-0.4, -0.2) is 64.7 Å². The summed E-state index contributed by atoms with van der Waals surface area (Å²) in [7, 11) is 3.97. The molecule has 1 aromatic carbocycles. The Bertz CT molecular complexity index is 966. The summed E-state index contributed by atoms with van der Waals surface area (Å²) in [5.74, 6) is -1.04. The zero-order valence-electron chi connectivity index (χ0n) is 17.2. The molecule has 4 rings (SSSR count). The van der Waals surface area contributed by atoms with E-state index in [0.717, 1.165) is 31.5 Å². The third-order valence-electron chi connectivity index (χ3n) is 5.96. The van der Waals surface area contributed by atoms with E-state index in [2.05, 4.69) is 16.9 Å². The van der Waals surface area contributed by atoms with E-state index in [1.54, 1.807) is 36.7 Å². The summed E-state index contributed by atoms with van der Waals surface area (Å²) in [6.07, 6.45) is 5.11. The minimum atomic E-state index is -0.380. The molecule has 0 bridgehead atoms. The Kier molecular flexibility index (Phi) is 5.63. The monoisotopic (exact) mass is 408 g/mol. The molecule has 0 aliphatic carbocycles. The minimum Gasteiger partial charge on any atom is -0.366 e. The van der Waals surface area contributed by atoms with Crippen LogP contribution >= 0.6 is 0 Å². The van der Waals surface area contributed by atoms with E-state index in [1.807, 2.05) is 11.9 Å². The van der Waals surface area contributed by atoms with Gasteiger partial charge in [-0.3, -0.25) is 19.5 Å². The highest BCUT2D eigenvalue weighted by molar-refractivity contribution is 6.35. The summed E-state index contributed by atoms with van der Waals surface area (Å²) in [6.45, 7) is 2.06. The molecule has 1 saturated heterocycles. The van der Waals surface area contributed by atoms with Gasteiger partial charge in [-0.1, -0.05) is 12.1 Å². The van der Waals surface area contributed by atoms with Gasteiger partial charge in [0.2, 0.25) is 0 Å². The second-order valence-corrected chi connectivity index (χ2v) is 7.93. The van der Waals surface area contributed by atoms with Crippen LogP contribution in [0.1, 0.15) is 24.0 Å². The molecule has 0 atom stereocenters.